The van der Waals surface area contributed by atoms with E-state index >= 15 is 0 Å². The molecule has 0 amide bonds. The van der Waals surface area contributed by atoms with Crippen molar-refractivity contribution >= 4 is 85.8 Å². The van der Waals surface area contributed by atoms with Gasteiger partial charge in [-0.15, -0.1) is 11.3 Å². The number of thiophene rings is 1. The van der Waals surface area contributed by atoms with E-state index in [-0.39, 0.29) is 0 Å². The Hall–Kier alpha value is -6.36. The fourth-order valence-electron chi connectivity index (χ4n) is 7.98. The van der Waals surface area contributed by atoms with Gasteiger partial charge in [0.25, 0.3) is 0 Å². The molecule has 3 aromatic heterocycles. The normalized spacial score (nSPS) is 12.0. The fourth-order valence-corrected chi connectivity index (χ4v) is 9.23. The van der Waals surface area contributed by atoms with Crippen molar-refractivity contribution in [1.29, 1.82) is 0 Å². The molecule has 11 rings (SSSR count). The predicted octanol–water partition coefficient (Wildman–Crippen LogP) is 12.7. The number of hydrogen-bond donors (Lipinski definition) is 0. The highest BCUT2D eigenvalue weighted by atomic mass is 32.1. The SMILES string of the molecule is c1ccc(-c2ccc(-c3nc(-n4c5ccccc5c5c6ccc7ccccc7c6c6c7ccccc7sc6c54)nc4ccccc34)cc2)cc1. The zero-order valence-corrected chi connectivity index (χ0v) is 27.7. The number of hydrogen-bond acceptors (Lipinski definition) is 3. The van der Waals surface area contributed by atoms with Gasteiger partial charge in [-0.3, -0.25) is 4.57 Å². The molecule has 3 heterocycles. The second-order valence-corrected chi connectivity index (χ2v) is 14.0. The van der Waals surface area contributed by atoms with E-state index in [1.54, 1.807) is 0 Å². The first-order valence-electron chi connectivity index (χ1n) is 16.9. The van der Waals surface area contributed by atoms with Crippen LogP contribution in [-0.2, 0) is 0 Å². The Morgan fingerprint density at radius 2 is 1.08 bits per heavy atom. The predicted molar refractivity (Wildman–Crippen MR) is 213 cm³/mol. The Balaban J connectivity index is 1.28. The maximum absolute atomic E-state index is 5.46. The van der Waals surface area contributed by atoms with Crippen LogP contribution in [0.1, 0.15) is 0 Å². The quantitative estimate of drug-likeness (QED) is 0.178. The van der Waals surface area contributed by atoms with Crippen molar-refractivity contribution in [3.8, 4) is 28.3 Å². The van der Waals surface area contributed by atoms with Gasteiger partial charge in [0.15, 0.2) is 0 Å². The van der Waals surface area contributed by atoms with Crippen molar-refractivity contribution in [2.24, 2.45) is 0 Å². The molecule has 0 saturated heterocycles. The summed E-state index contributed by atoms with van der Waals surface area (Å²) in [6.07, 6.45) is 0. The molecule has 0 unspecified atom stereocenters. The lowest BCUT2D eigenvalue weighted by atomic mass is 9.94. The molecule has 0 radical (unpaired) electrons. The lowest BCUT2D eigenvalue weighted by Crippen LogP contribution is -2.03. The van der Waals surface area contributed by atoms with E-state index in [9.17, 15) is 0 Å². The van der Waals surface area contributed by atoms with E-state index in [4.69, 9.17) is 9.97 Å². The summed E-state index contributed by atoms with van der Waals surface area (Å²) in [5.41, 5.74) is 7.55. The zero-order chi connectivity index (χ0) is 32.8. The van der Waals surface area contributed by atoms with Gasteiger partial charge in [0.2, 0.25) is 5.95 Å². The van der Waals surface area contributed by atoms with E-state index in [0.29, 0.717) is 5.95 Å². The Bertz CT molecular complexity index is 3140. The van der Waals surface area contributed by atoms with Gasteiger partial charge in [-0.25, -0.2) is 9.97 Å². The van der Waals surface area contributed by atoms with Gasteiger partial charge in [0.05, 0.1) is 26.9 Å². The molecule has 50 heavy (non-hydrogen) atoms. The van der Waals surface area contributed by atoms with Crippen LogP contribution in [0.5, 0.6) is 0 Å². The molecule has 0 N–H and O–H groups in total. The van der Waals surface area contributed by atoms with Crippen molar-refractivity contribution in [1.82, 2.24) is 14.5 Å². The molecule has 11 aromatic rings. The Kier molecular flexibility index (Phi) is 5.83. The summed E-state index contributed by atoms with van der Waals surface area (Å²) in [6.45, 7) is 0. The van der Waals surface area contributed by atoms with Gasteiger partial charge in [0, 0.05) is 37.2 Å². The highest BCUT2D eigenvalue weighted by Gasteiger charge is 2.24. The lowest BCUT2D eigenvalue weighted by Gasteiger charge is -2.13. The van der Waals surface area contributed by atoms with Crippen LogP contribution in [0.4, 0.5) is 0 Å². The molecule has 4 heteroatoms. The van der Waals surface area contributed by atoms with Crippen LogP contribution in [0.25, 0.3) is 103 Å². The Labute approximate surface area is 291 Å². The van der Waals surface area contributed by atoms with Crippen LogP contribution in [-0.4, -0.2) is 14.5 Å². The molecule has 0 atom stereocenters. The summed E-state index contributed by atoms with van der Waals surface area (Å²) in [5, 5.41) is 11.2. The van der Waals surface area contributed by atoms with Crippen LogP contribution in [0.15, 0.2) is 164 Å². The van der Waals surface area contributed by atoms with E-state index in [2.05, 4.69) is 168 Å². The van der Waals surface area contributed by atoms with Crippen molar-refractivity contribution in [2.45, 2.75) is 0 Å². The minimum absolute atomic E-state index is 0.677. The van der Waals surface area contributed by atoms with E-state index in [1.165, 1.54) is 63.6 Å². The standard InChI is InChI=1S/C46H27N3S/c1-2-12-28(13-3-1)29-22-24-31(25-23-29)43-33-16-6-9-19-37(33)47-46(48-43)49-38-20-10-7-17-34(38)41-36-27-26-30-14-4-5-15-32(30)40(36)42-35-18-8-11-21-39(35)50-45(42)44(41)49/h1-27H. The number of benzene rings is 8. The molecule has 8 aromatic carbocycles. The third-order valence-corrected chi connectivity index (χ3v) is 11.4. The smallest absolute Gasteiger partial charge is 0.235 e. The molecular formula is C46H27N3S. The van der Waals surface area contributed by atoms with E-state index < -0.39 is 0 Å². The average Bonchev–Trinajstić information content (AvgIpc) is 3.75. The van der Waals surface area contributed by atoms with Gasteiger partial charge >= 0.3 is 0 Å². The number of fused-ring (bicyclic) bond motifs is 13. The summed E-state index contributed by atoms with van der Waals surface area (Å²) >= 11 is 1.87. The topological polar surface area (TPSA) is 30.7 Å². The van der Waals surface area contributed by atoms with Crippen molar-refractivity contribution in [2.75, 3.05) is 0 Å². The second-order valence-electron chi connectivity index (χ2n) is 12.9. The largest absolute Gasteiger partial charge is 0.276 e. The van der Waals surface area contributed by atoms with E-state index in [0.717, 1.165) is 33.2 Å². The number of para-hydroxylation sites is 2. The monoisotopic (exact) mass is 653 g/mol. The first-order chi connectivity index (χ1) is 24.8. The van der Waals surface area contributed by atoms with Crippen molar-refractivity contribution in [3.05, 3.63) is 164 Å². The molecule has 0 fully saturated rings. The van der Waals surface area contributed by atoms with Gasteiger partial charge in [0.1, 0.15) is 0 Å². The maximum Gasteiger partial charge on any atom is 0.235 e. The van der Waals surface area contributed by atoms with Crippen molar-refractivity contribution < 1.29 is 0 Å². The van der Waals surface area contributed by atoms with Crippen LogP contribution < -0.4 is 0 Å². The Morgan fingerprint density at radius 1 is 0.420 bits per heavy atom. The third-order valence-electron chi connectivity index (χ3n) is 10.2. The third kappa shape index (κ3) is 3.91. The second kappa shape index (κ2) is 10.6. The molecule has 0 aliphatic rings. The fraction of sp³-hybridized carbons (Fsp3) is 0. The summed E-state index contributed by atoms with van der Waals surface area (Å²) < 4.78 is 4.86. The number of nitrogens with zero attached hydrogens (tertiary/aromatic N) is 3. The molecule has 3 nitrogen and oxygen atoms in total. The molecule has 0 bridgehead atoms. The summed E-state index contributed by atoms with van der Waals surface area (Å²) in [7, 11) is 0. The first-order valence-corrected chi connectivity index (χ1v) is 17.7. The summed E-state index contributed by atoms with van der Waals surface area (Å²) in [4.78, 5) is 10.8. The van der Waals surface area contributed by atoms with Crippen LogP contribution in [0.3, 0.4) is 0 Å². The van der Waals surface area contributed by atoms with Crippen LogP contribution in [0.2, 0.25) is 0 Å². The van der Waals surface area contributed by atoms with Gasteiger partial charge < -0.3 is 0 Å². The van der Waals surface area contributed by atoms with Gasteiger partial charge in [-0.2, -0.15) is 0 Å². The minimum Gasteiger partial charge on any atom is -0.276 e. The molecule has 232 valence electrons. The molecule has 0 spiro atoms. The highest BCUT2D eigenvalue weighted by Crippen LogP contribution is 2.49. The molecular weight excluding hydrogens is 627 g/mol. The Morgan fingerprint density at radius 3 is 1.94 bits per heavy atom. The van der Waals surface area contributed by atoms with E-state index in [1.807, 2.05) is 11.3 Å². The zero-order valence-electron chi connectivity index (χ0n) is 26.8. The minimum atomic E-state index is 0.677. The van der Waals surface area contributed by atoms with Crippen molar-refractivity contribution in [3.63, 3.8) is 0 Å². The maximum atomic E-state index is 5.46. The number of rotatable bonds is 3. The van der Waals surface area contributed by atoms with Crippen LogP contribution in [0, 0.1) is 0 Å². The number of aromatic nitrogens is 3. The van der Waals surface area contributed by atoms with Crippen LogP contribution >= 0.6 is 11.3 Å². The average molecular weight is 654 g/mol. The summed E-state index contributed by atoms with van der Waals surface area (Å²) in [6, 6.07) is 58.6. The lowest BCUT2D eigenvalue weighted by molar-refractivity contribution is 1.02. The first kappa shape index (κ1) is 27.6. The van der Waals surface area contributed by atoms with Gasteiger partial charge in [-0.05, 0) is 50.9 Å². The molecule has 0 saturated carbocycles. The highest BCUT2D eigenvalue weighted by molar-refractivity contribution is 7.27. The molecule has 0 aliphatic heterocycles. The molecule has 0 aliphatic carbocycles. The van der Waals surface area contributed by atoms with Gasteiger partial charge in [-0.1, -0.05) is 146 Å². The summed E-state index contributed by atoms with van der Waals surface area (Å²) in [5.74, 6) is 0.677.